The number of para-hydroxylation sites is 1. The molecule has 0 N–H and O–H groups in total. The maximum atomic E-state index is 2.55. The van der Waals surface area contributed by atoms with Gasteiger partial charge < -0.3 is 4.90 Å². The van der Waals surface area contributed by atoms with E-state index in [4.69, 9.17) is 0 Å². The Morgan fingerprint density at radius 1 is 0.414 bits per heavy atom. The molecule has 0 saturated carbocycles. The van der Waals surface area contributed by atoms with Crippen molar-refractivity contribution in [3.8, 4) is 33.4 Å². The Morgan fingerprint density at radius 3 is 1.62 bits per heavy atom. The first kappa shape index (κ1) is 36.9. The molecular weight excluding hydrogens is 719 g/mol. The lowest BCUT2D eigenvalue weighted by Gasteiger charge is -2.31. The van der Waals surface area contributed by atoms with Crippen LogP contribution in [0.1, 0.15) is 103 Å². The molecule has 0 radical (unpaired) electrons. The number of thiophene rings is 1. The van der Waals surface area contributed by atoms with Gasteiger partial charge in [-0.1, -0.05) is 178 Å². The normalized spacial score (nSPS) is 15.0. The number of rotatable bonds is 4. The van der Waals surface area contributed by atoms with Crippen LogP contribution in [0.3, 0.4) is 0 Å². The molecule has 0 atom stereocenters. The summed E-state index contributed by atoms with van der Waals surface area (Å²) in [7, 11) is 0. The van der Waals surface area contributed by atoms with Crippen LogP contribution in [0.15, 0.2) is 140 Å². The van der Waals surface area contributed by atoms with Crippen LogP contribution in [0.25, 0.3) is 53.6 Å². The maximum Gasteiger partial charge on any atom is 0.0540 e. The van der Waals surface area contributed by atoms with E-state index in [0.29, 0.717) is 0 Å². The van der Waals surface area contributed by atoms with Crippen LogP contribution < -0.4 is 4.90 Å². The predicted octanol–water partition coefficient (Wildman–Crippen LogP) is 16.4. The van der Waals surface area contributed by atoms with Crippen LogP contribution >= 0.6 is 11.3 Å². The summed E-state index contributed by atoms with van der Waals surface area (Å²) in [6, 6.07) is 53.3. The summed E-state index contributed by atoms with van der Waals surface area (Å²) >= 11 is 1.95. The van der Waals surface area contributed by atoms with Gasteiger partial charge in [0.05, 0.1) is 5.69 Å². The summed E-state index contributed by atoms with van der Waals surface area (Å²) in [5.41, 5.74) is 19.7. The molecule has 1 aromatic heterocycles. The molecule has 2 heteroatoms. The van der Waals surface area contributed by atoms with Crippen LogP contribution in [-0.4, -0.2) is 0 Å². The first-order chi connectivity index (χ1) is 27.6. The Labute approximate surface area is 349 Å². The Hall–Kier alpha value is -5.44. The van der Waals surface area contributed by atoms with Gasteiger partial charge in [-0.05, 0) is 96.8 Å². The van der Waals surface area contributed by atoms with Gasteiger partial charge in [-0.3, -0.25) is 0 Å². The van der Waals surface area contributed by atoms with Crippen LogP contribution in [0.2, 0.25) is 0 Å². The molecule has 0 aliphatic heterocycles. The van der Waals surface area contributed by atoms with Crippen LogP contribution in [0, 0.1) is 0 Å². The summed E-state index contributed by atoms with van der Waals surface area (Å²) in [4.78, 5) is 2.55. The molecule has 0 amide bonds. The fourth-order valence-electron chi connectivity index (χ4n) is 10.3. The molecule has 58 heavy (non-hydrogen) atoms. The van der Waals surface area contributed by atoms with Crippen LogP contribution in [0.5, 0.6) is 0 Å². The maximum absolute atomic E-state index is 2.55. The monoisotopic (exact) mass is 771 g/mol. The highest BCUT2D eigenvalue weighted by molar-refractivity contribution is 7.26. The van der Waals surface area contributed by atoms with Crippen molar-refractivity contribution in [2.75, 3.05) is 4.90 Å². The third-order valence-corrected chi connectivity index (χ3v) is 14.6. The molecule has 2 aliphatic carbocycles. The molecule has 0 fully saturated rings. The average Bonchev–Trinajstić information content (AvgIpc) is 3.77. The fraction of sp³-hybridized carbons (Fsp3) is 0.250. The topological polar surface area (TPSA) is 3.24 Å². The number of hydrogen-bond donors (Lipinski definition) is 0. The smallest absolute Gasteiger partial charge is 0.0540 e. The predicted molar refractivity (Wildman–Crippen MR) is 252 cm³/mol. The van der Waals surface area contributed by atoms with Crippen molar-refractivity contribution in [1.29, 1.82) is 0 Å². The largest absolute Gasteiger partial charge is 0.310 e. The zero-order chi connectivity index (χ0) is 40.5. The van der Waals surface area contributed by atoms with Crippen molar-refractivity contribution in [3.05, 3.63) is 173 Å². The lowest BCUT2D eigenvalue weighted by Crippen LogP contribution is -2.18. The average molecular weight is 772 g/mol. The molecule has 0 spiro atoms. The minimum absolute atomic E-state index is 0.0305. The lowest BCUT2D eigenvalue weighted by molar-refractivity contribution is 0.589. The molecule has 10 rings (SSSR count). The second-order valence-electron chi connectivity index (χ2n) is 19.8. The number of benzene rings is 7. The molecule has 7 aromatic carbocycles. The zero-order valence-corrected chi connectivity index (χ0v) is 36.5. The highest BCUT2D eigenvalue weighted by Gasteiger charge is 2.40. The summed E-state index contributed by atoms with van der Waals surface area (Å²) in [5.74, 6) is 0. The molecule has 0 saturated heterocycles. The van der Waals surface area contributed by atoms with Crippen molar-refractivity contribution >= 4 is 48.6 Å². The Kier molecular flexibility index (Phi) is 7.97. The zero-order valence-electron chi connectivity index (χ0n) is 35.6. The van der Waals surface area contributed by atoms with E-state index in [9.17, 15) is 0 Å². The van der Waals surface area contributed by atoms with Crippen LogP contribution in [0.4, 0.5) is 17.1 Å². The molecule has 0 unspecified atom stereocenters. The lowest BCUT2D eigenvalue weighted by atomic mass is 9.79. The van der Waals surface area contributed by atoms with E-state index in [1.54, 1.807) is 0 Å². The van der Waals surface area contributed by atoms with Crippen molar-refractivity contribution in [2.45, 2.75) is 90.9 Å². The van der Waals surface area contributed by atoms with E-state index in [2.05, 4.69) is 214 Å². The molecule has 0 bridgehead atoms. The van der Waals surface area contributed by atoms with Gasteiger partial charge >= 0.3 is 0 Å². The Morgan fingerprint density at radius 2 is 0.914 bits per heavy atom. The molecular formula is C56H53NS. The second-order valence-corrected chi connectivity index (χ2v) is 20.8. The minimum atomic E-state index is -0.151. The van der Waals surface area contributed by atoms with E-state index in [1.165, 1.54) is 104 Å². The Bertz CT molecular complexity index is 2970. The summed E-state index contributed by atoms with van der Waals surface area (Å²) in [6.45, 7) is 23.6. The van der Waals surface area contributed by atoms with E-state index in [1.807, 2.05) is 11.3 Å². The molecule has 2 aliphatic rings. The van der Waals surface area contributed by atoms with Gasteiger partial charge in [0.25, 0.3) is 0 Å². The Balaban J connectivity index is 1.23. The molecule has 1 nitrogen and oxygen atoms in total. The standard InChI is InChI=1S/C56H53NS/c1-53(2,3)44-24-17-25-45-50(44)42-31-29-35(33-48(42)56(45,9)10)57(34-28-30-37-36-18-11-13-23-43(36)55(7,8)47(37)32-34)49-27-14-12-19-38(49)39-20-15-21-40-41-22-16-26-46(54(4,5)6)52(41)58-51(39)40/h11-33H,1-10H3. The quantitative estimate of drug-likeness (QED) is 0.172. The highest BCUT2D eigenvalue weighted by atomic mass is 32.1. The van der Waals surface area contributed by atoms with Crippen molar-refractivity contribution < 1.29 is 0 Å². The van der Waals surface area contributed by atoms with Crippen LogP contribution in [-0.2, 0) is 21.7 Å². The van der Waals surface area contributed by atoms with Gasteiger partial charge in [0, 0.05) is 53.5 Å². The van der Waals surface area contributed by atoms with E-state index in [0.717, 1.165) is 0 Å². The van der Waals surface area contributed by atoms with Gasteiger partial charge in [0.15, 0.2) is 0 Å². The van der Waals surface area contributed by atoms with Crippen molar-refractivity contribution in [3.63, 3.8) is 0 Å². The van der Waals surface area contributed by atoms with Gasteiger partial charge in [0.1, 0.15) is 0 Å². The molecule has 1 heterocycles. The van der Waals surface area contributed by atoms with E-state index >= 15 is 0 Å². The number of fused-ring (bicyclic) bond motifs is 9. The van der Waals surface area contributed by atoms with Crippen molar-refractivity contribution in [2.24, 2.45) is 0 Å². The first-order valence-electron chi connectivity index (χ1n) is 20.9. The third-order valence-electron chi connectivity index (χ3n) is 13.3. The summed E-state index contributed by atoms with van der Waals surface area (Å²) < 4.78 is 2.73. The second kappa shape index (κ2) is 12.5. The first-order valence-corrected chi connectivity index (χ1v) is 21.8. The SMILES string of the molecule is CC(C)(C)c1cccc2c1-c1ccc(N(c3ccc4c(c3)C(C)(C)c3ccccc3-4)c3ccccc3-c3cccc4c3sc3c(C(C)(C)C)cccc34)cc1C2(C)C. The number of hydrogen-bond acceptors (Lipinski definition) is 2. The third kappa shape index (κ3) is 5.34. The highest BCUT2D eigenvalue weighted by Crippen LogP contribution is 2.56. The fourth-order valence-corrected chi connectivity index (χ4v) is 11.9. The van der Waals surface area contributed by atoms with Gasteiger partial charge in [0.2, 0.25) is 0 Å². The summed E-state index contributed by atoms with van der Waals surface area (Å²) in [6.07, 6.45) is 0. The minimum Gasteiger partial charge on any atom is -0.310 e. The van der Waals surface area contributed by atoms with Gasteiger partial charge in [-0.15, -0.1) is 11.3 Å². The summed E-state index contributed by atoms with van der Waals surface area (Å²) in [5, 5.41) is 2.67. The van der Waals surface area contributed by atoms with Crippen molar-refractivity contribution in [1.82, 2.24) is 0 Å². The number of nitrogens with zero attached hydrogens (tertiary/aromatic N) is 1. The van der Waals surface area contributed by atoms with Gasteiger partial charge in [-0.25, -0.2) is 0 Å². The van der Waals surface area contributed by atoms with E-state index < -0.39 is 0 Å². The molecule has 8 aromatic rings. The number of anilines is 3. The molecule has 288 valence electrons. The van der Waals surface area contributed by atoms with E-state index in [-0.39, 0.29) is 21.7 Å². The van der Waals surface area contributed by atoms with Gasteiger partial charge in [-0.2, -0.15) is 0 Å².